The van der Waals surface area contributed by atoms with E-state index in [9.17, 15) is 13.2 Å². The van der Waals surface area contributed by atoms with Gasteiger partial charge in [0.1, 0.15) is 0 Å². The Morgan fingerprint density at radius 1 is 1.17 bits per heavy atom. The van der Waals surface area contributed by atoms with E-state index in [1.165, 1.54) is 12.1 Å². The number of aryl methyl sites for hydroxylation is 1. The van der Waals surface area contributed by atoms with Crippen molar-refractivity contribution in [3.8, 4) is 0 Å². The van der Waals surface area contributed by atoms with Crippen LogP contribution in [0.15, 0.2) is 47.4 Å². The molecule has 23 heavy (non-hydrogen) atoms. The Balaban J connectivity index is 2.35. The molecule has 0 fully saturated rings. The minimum absolute atomic E-state index is 0.00759. The fourth-order valence-corrected chi connectivity index (χ4v) is 3.89. The van der Waals surface area contributed by atoms with Crippen molar-refractivity contribution in [1.29, 1.82) is 0 Å². The average Bonchev–Trinajstić information content (AvgIpc) is 2.51. The maximum atomic E-state index is 12.5. The van der Waals surface area contributed by atoms with E-state index in [4.69, 9.17) is 11.6 Å². The monoisotopic (exact) mass is 351 g/mol. The third-order valence-electron chi connectivity index (χ3n) is 3.37. The third kappa shape index (κ3) is 4.12. The minimum atomic E-state index is -3.48. The second kappa shape index (κ2) is 7.15. The molecule has 1 amide bonds. The second-order valence-electron chi connectivity index (χ2n) is 5.23. The third-order valence-corrected chi connectivity index (χ3v) is 5.75. The molecule has 0 saturated carbocycles. The van der Waals surface area contributed by atoms with Crippen LogP contribution in [0.25, 0.3) is 0 Å². The summed E-state index contributed by atoms with van der Waals surface area (Å²) in [5.74, 6) is -0.464. The molecule has 2 aromatic carbocycles. The first-order chi connectivity index (χ1) is 10.8. The van der Waals surface area contributed by atoms with Crippen molar-refractivity contribution in [2.24, 2.45) is 0 Å². The van der Waals surface area contributed by atoms with Crippen molar-refractivity contribution >= 4 is 33.0 Å². The number of nitrogens with one attached hydrogen (secondary N) is 1. The minimum Gasteiger partial charge on any atom is -0.322 e. The fourth-order valence-electron chi connectivity index (χ4n) is 2.17. The lowest BCUT2D eigenvalue weighted by molar-refractivity contribution is 0.102. The van der Waals surface area contributed by atoms with Gasteiger partial charge in [-0.25, -0.2) is 8.42 Å². The number of carbonyl (C=O) groups is 1. The van der Waals surface area contributed by atoms with Crippen LogP contribution in [0.2, 0.25) is 5.02 Å². The Morgan fingerprint density at radius 2 is 1.87 bits per heavy atom. The van der Waals surface area contributed by atoms with Gasteiger partial charge < -0.3 is 5.32 Å². The Bertz CT molecular complexity index is 831. The molecule has 0 aromatic heterocycles. The summed E-state index contributed by atoms with van der Waals surface area (Å²) in [6.45, 7) is 3.65. The van der Waals surface area contributed by atoms with Crippen molar-refractivity contribution in [3.63, 3.8) is 0 Å². The predicted octanol–water partition coefficient (Wildman–Crippen LogP) is 4.08. The highest BCUT2D eigenvalue weighted by Crippen LogP contribution is 2.22. The lowest BCUT2D eigenvalue weighted by Gasteiger charge is -2.11. The number of halogens is 1. The largest absolute Gasteiger partial charge is 0.322 e. The summed E-state index contributed by atoms with van der Waals surface area (Å²) in [4.78, 5) is 12.5. The van der Waals surface area contributed by atoms with E-state index in [2.05, 4.69) is 5.32 Å². The van der Waals surface area contributed by atoms with Crippen molar-refractivity contribution in [3.05, 3.63) is 58.6 Å². The summed E-state index contributed by atoms with van der Waals surface area (Å²) >= 11 is 6.04. The molecule has 0 unspecified atom stereocenters. The number of rotatable bonds is 5. The van der Waals surface area contributed by atoms with Crippen LogP contribution in [-0.4, -0.2) is 20.1 Å². The van der Waals surface area contributed by atoms with Crippen LogP contribution in [0.1, 0.15) is 29.3 Å². The van der Waals surface area contributed by atoms with Crippen LogP contribution in [0.4, 0.5) is 5.69 Å². The average molecular weight is 352 g/mol. The summed E-state index contributed by atoms with van der Waals surface area (Å²) in [5, 5.41) is 3.23. The molecule has 0 saturated heterocycles. The zero-order chi connectivity index (χ0) is 17.0. The number of hydrogen-bond acceptors (Lipinski definition) is 3. The van der Waals surface area contributed by atoms with Gasteiger partial charge in [-0.2, -0.15) is 0 Å². The van der Waals surface area contributed by atoms with E-state index < -0.39 is 15.7 Å². The summed E-state index contributed by atoms with van der Waals surface area (Å²) in [5.41, 5.74) is 1.56. The summed E-state index contributed by atoms with van der Waals surface area (Å²) in [6.07, 6.45) is 0.492. The zero-order valence-corrected chi connectivity index (χ0v) is 14.5. The normalized spacial score (nSPS) is 11.3. The number of benzene rings is 2. The molecule has 0 atom stereocenters. The maximum absolute atomic E-state index is 12.5. The van der Waals surface area contributed by atoms with Gasteiger partial charge in [0.05, 0.1) is 16.2 Å². The molecule has 0 bridgehead atoms. The fraction of sp³-hybridized carbons (Fsp3) is 0.235. The quantitative estimate of drug-likeness (QED) is 0.882. The molecular formula is C17H18ClNO3S. The van der Waals surface area contributed by atoms with Gasteiger partial charge in [0.2, 0.25) is 0 Å². The van der Waals surface area contributed by atoms with Gasteiger partial charge in [-0.15, -0.1) is 0 Å². The number of anilines is 1. The second-order valence-corrected chi connectivity index (χ2v) is 7.72. The van der Waals surface area contributed by atoms with Crippen LogP contribution in [0.3, 0.4) is 0 Å². The standard InChI is InChI=1S/C17H18ClNO3S/c1-3-10-23(21,22)16-7-5-4-6-14(16)17(20)19-13-9-8-12(2)15(18)11-13/h4-9,11H,3,10H2,1-2H3,(H,19,20). The summed E-state index contributed by atoms with van der Waals surface area (Å²) < 4.78 is 24.6. The molecule has 2 rings (SSSR count). The molecule has 122 valence electrons. The highest BCUT2D eigenvalue weighted by Gasteiger charge is 2.21. The Morgan fingerprint density at radius 3 is 2.52 bits per heavy atom. The molecule has 0 aliphatic heterocycles. The highest BCUT2D eigenvalue weighted by atomic mass is 35.5. The van der Waals surface area contributed by atoms with Crippen molar-refractivity contribution < 1.29 is 13.2 Å². The molecule has 0 radical (unpaired) electrons. The van der Waals surface area contributed by atoms with Gasteiger partial charge in [0.25, 0.3) is 5.91 Å². The van der Waals surface area contributed by atoms with Gasteiger partial charge >= 0.3 is 0 Å². The predicted molar refractivity (Wildman–Crippen MR) is 92.9 cm³/mol. The van der Waals surface area contributed by atoms with E-state index in [0.29, 0.717) is 17.1 Å². The van der Waals surface area contributed by atoms with E-state index in [1.807, 2.05) is 6.92 Å². The first kappa shape index (κ1) is 17.5. The van der Waals surface area contributed by atoms with Gasteiger partial charge in [-0.05, 0) is 43.2 Å². The number of sulfone groups is 1. The Hall–Kier alpha value is -1.85. The van der Waals surface area contributed by atoms with Crippen LogP contribution in [-0.2, 0) is 9.84 Å². The van der Waals surface area contributed by atoms with E-state index in [1.54, 1.807) is 37.3 Å². The molecular weight excluding hydrogens is 334 g/mol. The lowest BCUT2D eigenvalue weighted by atomic mass is 10.2. The van der Waals surface area contributed by atoms with Gasteiger partial charge in [0, 0.05) is 10.7 Å². The van der Waals surface area contributed by atoms with E-state index >= 15 is 0 Å². The molecule has 0 heterocycles. The topological polar surface area (TPSA) is 63.2 Å². The molecule has 1 N–H and O–H groups in total. The van der Waals surface area contributed by atoms with Crippen molar-refractivity contribution in [1.82, 2.24) is 0 Å². The van der Waals surface area contributed by atoms with Crippen LogP contribution in [0, 0.1) is 6.92 Å². The SMILES string of the molecule is CCCS(=O)(=O)c1ccccc1C(=O)Nc1ccc(C)c(Cl)c1. The highest BCUT2D eigenvalue weighted by molar-refractivity contribution is 7.91. The number of amides is 1. The van der Waals surface area contributed by atoms with Crippen LogP contribution < -0.4 is 5.32 Å². The van der Waals surface area contributed by atoms with Crippen LogP contribution >= 0.6 is 11.6 Å². The Labute approximate surface area is 141 Å². The number of hydrogen-bond donors (Lipinski definition) is 1. The van der Waals surface area contributed by atoms with Crippen molar-refractivity contribution in [2.75, 3.05) is 11.1 Å². The molecule has 6 heteroatoms. The molecule has 0 spiro atoms. The van der Waals surface area contributed by atoms with E-state index in [0.717, 1.165) is 5.56 Å². The lowest BCUT2D eigenvalue weighted by Crippen LogP contribution is -2.17. The Kier molecular flexibility index (Phi) is 5.44. The molecule has 0 aliphatic rings. The first-order valence-electron chi connectivity index (χ1n) is 7.24. The smallest absolute Gasteiger partial charge is 0.256 e. The summed E-state index contributed by atoms with van der Waals surface area (Å²) in [6, 6.07) is 11.4. The molecule has 4 nitrogen and oxygen atoms in total. The first-order valence-corrected chi connectivity index (χ1v) is 9.27. The van der Waals surface area contributed by atoms with Gasteiger partial charge in [-0.3, -0.25) is 4.79 Å². The number of carbonyl (C=O) groups excluding carboxylic acids is 1. The van der Waals surface area contributed by atoms with Gasteiger partial charge in [-0.1, -0.05) is 36.7 Å². The van der Waals surface area contributed by atoms with E-state index in [-0.39, 0.29) is 16.2 Å². The molecule has 0 aliphatic carbocycles. The van der Waals surface area contributed by atoms with Gasteiger partial charge in [0.15, 0.2) is 9.84 Å². The zero-order valence-electron chi connectivity index (χ0n) is 13.0. The maximum Gasteiger partial charge on any atom is 0.256 e. The summed E-state index contributed by atoms with van der Waals surface area (Å²) in [7, 11) is -3.48. The van der Waals surface area contributed by atoms with Crippen LogP contribution in [0.5, 0.6) is 0 Å². The molecule has 2 aromatic rings. The van der Waals surface area contributed by atoms with Crippen molar-refractivity contribution in [2.45, 2.75) is 25.2 Å².